The molecule has 1 N–H and O–H groups in total. The molecule has 0 saturated carbocycles. The molecule has 1 aliphatic carbocycles. The maximum atomic E-state index is 13.7. The van der Waals surface area contributed by atoms with Crippen molar-refractivity contribution < 1.29 is 23.9 Å². The molecule has 2 aliphatic rings. The van der Waals surface area contributed by atoms with Crippen molar-refractivity contribution in [1.29, 1.82) is 0 Å². The van der Waals surface area contributed by atoms with E-state index in [0.717, 1.165) is 22.0 Å². The second-order valence-corrected chi connectivity index (χ2v) is 8.32. The van der Waals surface area contributed by atoms with Crippen LogP contribution in [0.2, 0.25) is 0 Å². The summed E-state index contributed by atoms with van der Waals surface area (Å²) >= 11 is 0. The lowest BCUT2D eigenvalue weighted by Gasteiger charge is -2.38. The number of esters is 2. The number of Topliss-reactive ketones (excluding diaryl/α,β-unsaturated/α-hetero) is 1. The number of methoxy groups -OCH3 is 1. The van der Waals surface area contributed by atoms with Gasteiger partial charge in [0.15, 0.2) is 5.78 Å². The summed E-state index contributed by atoms with van der Waals surface area (Å²) in [5, 5.41) is 5.23. The third kappa shape index (κ3) is 3.49. The summed E-state index contributed by atoms with van der Waals surface area (Å²) in [5.74, 6) is -3.07. The van der Waals surface area contributed by atoms with Crippen LogP contribution in [0.25, 0.3) is 10.8 Å². The molecular weight excluding hydrogens is 406 g/mol. The second-order valence-electron chi connectivity index (χ2n) is 8.32. The first kappa shape index (κ1) is 21.8. The molecule has 6 nitrogen and oxygen atoms in total. The van der Waals surface area contributed by atoms with Gasteiger partial charge in [-0.1, -0.05) is 49.4 Å². The highest BCUT2D eigenvalue weighted by atomic mass is 16.5. The summed E-state index contributed by atoms with van der Waals surface area (Å²) in [4.78, 5) is 39.4. The van der Waals surface area contributed by atoms with Gasteiger partial charge in [0.25, 0.3) is 0 Å². The molecule has 2 aromatic carbocycles. The summed E-state index contributed by atoms with van der Waals surface area (Å²) in [6.07, 6.45) is 0.509. The van der Waals surface area contributed by atoms with Gasteiger partial charge in [-0.05, 0) is 42.5 Å². The van der Waals surface area contributed by atoms with Gasteiger partial charge in [-0.2, -0.15) is 0 Å². The van der Waals surface area contributed by atoms with Crippen LogP contribution in [0.3, 0.4) is 0 Å². The number of fused-ring (bicyclic) bond motifs is 1. The molecule has 0 spiro atoms. The number of carbonyl (C=O) groups excluding carboxylic acids is 3. The Morgan fingerprint density at radius 3 is 2.56 bits per heavy atom. The molecule has 0 amide bonds. The van der Waals surface area contributed by atoms with Gasteiger partial charge in [0.05, 0.1) is 19.3 Å². The zero-order chi connectivity index (χ0) is 23.0. The summed E-state index contributed by atoms with van der Waals surface area (Å²) < 4.78 is 10.3. The quantitative estimate of drug-likeness (QED) is 0.579. The van der Waals surface area contributed by atoms with Crippen LogP contribution in [0.5, 0.6) is 0 Å². The van der Waals surface area contributed by atoms with Crippen molar-refractivity contribution in [1.82, 2.24) is 5.32 Å². The molecule has 4 rings (SSSR count). The van der Waals surface area contributed by atoms with Gasteiger partial charge in [0.1, 0.15) is 5.92 Å². The fourth-order valence-corrected chi connectivity index (χ4v) is 4.97. The first-order chi connectivity index (χ1) is 15.4. The number of benzene rings is 2. The minimum Gasteiger partial charge on any atom is -0.468 e. The maximum absolute atomic E-state index is 13.7. The Balaban J connectivity index is 1.97. The topological polar surface area (TPSA) is 81.7 Å². The number of rotatable bonds is 4. The van der Waals surface area contributed by atoms with Crippen LogP contribution in [0.4, 0.5) is 0 Å². The van der Waals surface area contributed by atoms with E-state index in [4.69, 9.17) is 9.47 Å². The Hall–Kier alpha value is -3.41. The largest absolute Gasteiger partial charge is 0.468 e. The van der Waals surface area contributed by atoms with Crippen molar-refractivity contribution in [3.63, 3.8) is 0 Å². The molecule has 166 valence electrons. The van der Waals surface area contributed by atoms with E-state index in [1.807, 2.05) is 56.3 Å². The highest BCUT2D eigenvalue weighted by Gasteiger charge is 2.47. The molecule has 1 aliphatic heterocycles. The molecule has 0 bridgehead atoms. The highest BCUT2D eigenvalue weighted by Crippen LogP contribution is 2.46. The Kier molecular flexibility index (Phi) is 5.87. The molecule has 0 aromatic heterocycles. The average Bonchev–Trinajstić information content (AvgIpc) is 2.77. The third-order valence-electron chi connectivity index (χ3n) is 6.37. The first-order valence-electron chi connectivity index (χ1n) is 10.9. The Morgan fingerprint density at radius 2 is 1.84 bits per heavy atom. The number of ether oxygens (including phenoxy) is 2. The zero-order valence-corrected chi connectivity index (χ0v) is 18.7. The molecule has 0 saturated heterocycles. The van der Waals surface area contributed by atoms with Crippen molar-refractivity contribution in [2.75, 3.05) is 13.7 Å². The number of hydrogen-bond acceptors (Lipinski definition) is 6. The summed E-state index contributed by atoms with van der Waals surface area (Å²) in [6.45, 7) is 5.68. The molecule has 6 heteroatoms. The first-order valence-corrected chi connectivity index (χ1v) is 10.9. The third-order valence-corrected chi connectivity index (χ3v) is 6.37. The lowest BCUT2D eigenvalue weighted by atomic mass is 9.68. The standard InChI is InChI=1S/C26H27NO5/c1-5-32-26(30)21-15(3)27-19-13-14(2)20(25(29)31-4)24(28)23(19)22(21)18-12-8-10-16-9-6-7-11-17(16)18/h6-12,14,20,22,27H,5,13H2,1-4H3/t14-,20-,22-/m1/s1. The number of allylic oxidation sites excluding steroid dienone is 3. The zero-order valence-electron chi connectivity index (χ0n) is 18.7. The highest BCUT2D eigenvalue weighted by molar-refractivity contribution is 6.13. The molecule has 0 radical (unpaired) electrons. The predicted molar refractivity (Wildman–Crippen MR) is 120 cm³/mol. The van der Waals surface area contributed by atoms with Gasteiger partial charge in [-0.25, -0.2) is 4.79 Å². The molecule has 0 unspecified atom stereocenters. The fraction of sp³-hybridized carbons (Fsp3) is 0.346. The van der Waals surface area contributed by atoms with Crippen molar-refractivity contribution in [2.45, 2.75) is 33.1 Å². The van der Waals surface area contributed by atoms with E-state index in [-0.39, 0.29) is 18.3 Å². The van der Waals surface area contributed by atoms with Crippen molar-refractivity contribution in [3.05, 3.63) is 70.6 Å². The molecule has 1 heterocycles. The molecule has 32 heavy (non-hydrogen) atoms. The monoisotopic (exact) mass is 433 g/mol. The molecule has 0 fully saturated rings. The predicted octanol–water partition coefficient (Wildman–Crippen LogP) is 4.02. The van der Waals surface area contributed by atoms with Gasteiger partial charge in [0, 0.05) is 22.9 Å². The van der Waals surface area contributed by atoms with Crippen LogP contribution in [0.1, 0.15) is 38.7 Å². The average molecular weight is 434 g/mol. The number of dihydropyridines is 1. The number of ketones is 1. The van der Waals surface area contributed by atoms with Crippen LogP contribution >= 0.6 is 0 Å². The van der Waals surface area contributed by atoms with E-state index in [2.05, 4.69) is 5.32 Å². The number of nitrogens with one attached hydrogen (secondary N) is 1. The normalized spacial score (nSPS) is 23.0. The number of carbonyl (C=O) groups is 3. The number of hydrogen-bond donors (Lipinski definition) is 1. The van der Waals surface area contributed by atoms with E-state index in [1.165, 1.54) is 7.11 Å². The van der Waals surface area contributed by atoms with Crippen molar-refractivity contribution in [3.8, 4) is 0 Å². The van der Waals surface area contributed by atoms with E-state index < -0.39 is 23.8 Å². The van der Waals surface area contributed by atoms with Gasteiger partial charge >= 0.3 is 11.9 Å². The fourth-order valence-electron chi connectivity index (χ4n) is 4.97. The van der Waals surface area contributed by atoms with E-state index in [0.29, 0.717) is 23.3 Å². The molecule has 2 aromatic rings. The SMILES string of the molecule is CCOC(=O)C1=C(C)NC2=C(C(=O)[C@H](C(=O)OC)[C@H](C)C2)[C@@H]1c1cccc2ccccc12. The summed E-state index contributed by atoms with van der Waals surface area (Å²) in [6, 6.07) is 13.7. The Bertz CT molecular complexity index is 1170. The van der Waals surface area contributed by atoms with Gasteiger partial charge in [-0.3, -0.25) is 9.59 Å². The van der Waals surface area contributed by atoms with Crippen LogP contribution < -0.4 is 5.32 Å². The summed E-state index contributed by atoms with van der Waals surface area (Å²) in [7, 11) is 1.29. The maximum Gasteiger partial charge on any atom is 0.336 e. The van der Waals surface area contributed by atoms with Crippen LogP contribution in [-0.4, -0.2) is 31.4 Å². The smallest absolute Gasteiger partial charge is 0.336 e. The minimum absolute atomic E-state index is 0.216. The Labute approximate surface area is 187 Å². The summed E-state index contributed by atoms with van der Waals surface area (Å²) in [5.41, 5.74) is 3.10. The van der Waals surface area contributed by atoms with Crippen LogP contribution in [0.15, 0.2) is 65.0 Å². The lowest BCUT2D eigenvalue weighted by molar-refractivity contribution is -0.151. The van der Waals surface area contributed by atoms with E-state index in [9.17, 15) is 14.4 Å². The van der Waals surface area contributed by atoms with Crippen molar-refractivity contribution in [2.24, 2.45) is 11.8 Å². The van der Waals surface area contributed by atoms with Crippen molar-refractivity contribution >= 4 is 28.5 Å². The van der Waals surface area contributed by atoms with Gasteiger partial charge < -0.3 is 14.8 Å². The van der Waals surface area contributed by atoms with Crippen LogP contribution in [0, 0.1) is 11.8 Å². The van der Waals surface area contributed by atoms with E-state index in [1.54, 1.807) is 6.92 Å². The van der Waals surface area contributed by atoms with Gasteiger partial charge in [-0.15, -0.1) is 0 Å². The Morgan fingerprint density at radius 1 is 1.12 bits per heavy atom. The second kappa shape index (κ2) is 8.61. The van der Waals surface area contributed by atoms with Crippen LogP contribution in [-0.2, 0) is 23.9 Å². The van der Waals surface area contributed by atoms with Gasteiger partial charge in [0.2, 0.25) is 0 Å². The van der Waals surface area contributed by atoms with E-state index >= 15 is 0 Å². The lowest BCUT2D eigenvalue weighted by Crippen LogP contribution is -2.43. The minimum atomic E-state index is -0.903. The molecular formula is C26H27NO5. The molecule has 3 atom stereocenters.